The summed E-state index contributed by atoms with van der Waals surface area (Å²) in [6, 6.07) is 10.0. The van der Waals surface area contributed by atoms with E-state index in [0.29, 0.717) is 31.4 Å². The van der Waals surface area contributed by atoms with Gasteiger partial charge in [0.1, 0.15) is 0 Å². The fraction of sp³-hybridized carbons (Fsp3) is 0.438. The predicted octanol–water partition coefficient (Wildman–Crippen LogP) is 1.53. The highest BCUT2D eigenvalue weighted by Gasteiger charge is 2.24. The number of hydrogen-bond donors (Lipinski definition) is 1. The van der Waals surface area contributed by atoms with E-state index >= 15 is 0 Å². The molecule has 1 N–H and O–H groups in total. The first-order valence-electron chi connectivity index (χ1n) is 7.68. The zero-order valence-electron chi connectivity index (χ0n) is 13.1. The molecule has 3 rings (SSSR count). The van der Waals surface area contributed by atoms with Crippen molar-refractivity contribution in [2.24, 2.45) is 0 Å². The Kier molecular flexibility index (Phi) is 4.87. The molecule has 1 aliphatic rings. The number of aryl methyl sites for hydroxylation is 1. The maximum Gasteiger partial charge on any atom is 0.318 e. The van der Waals surface area contributed by atoms with Crippen molar-refractivity contribution in [2.45, 2.75) is 26.0 Å². The standard InChI is InChI=1S/C16H20N4O3/c1-12-18-15(23-19-12)10-17-16(21)20-7-8-22-14(11-20)9-13-5-3-2-4-6-13/h2-6,14H,7-11H2,1H3,(H,17,21)/t14-/m1/s1. The van der Waals surface area contributed by atoms with Crippen molar-refractivity contribution >= 4 is 6.03 Å². The summed E-state index contributed by atoms with van der Waals surface area (Å²) < 4.78 is 10.7. The maximum atomic E-state index is 12.2. The van der Waals surface area contributed by atoms with Gasteiger partial charge < -0.3 is 19.5 Å². The number of nitrogens with one attached hydrogen (secondary N) is 1. The van der Waals surface area contributed by atoms with Gasteiger partial charge in [0, 0.05) is 19.5 Å². The molecular formula is C16H20N4O3. The minimum absolute atomic E-state index is 0.0162. The predicted molar refractivity (Wildman–Crippen MR) is 82.7 cm³/mol. The summed E-state index contributed by atoms with van der Waals surface area (Å²) >= 11 is 0. The maximum absolute atomic E-state index is 12.2. The second-order valence-corrected chi connectivity index (χ2v) is 5.52. The zero-order valence-corrected chi connectivity index (χ0v) is 13.1. The molecule has 1 aliphatic heterocycles. The van der Waals surface area contributed by atoms with Gasteiger partial charge >= 0.3 is 6.03 Å². The van der Waals surface area contributed by atoms with Gasteiger partial charge in [-0.05, 0) is 12.5 Å². The molecule has 1 saturated heterocycles. The lowest BCUT2D eigenvalue weighted by Crippen LogP contribution is -2.50. The molecule has 2 aromatic rings. The van der Waals surface area contributed by atoms with E-state index in [0.717, 1.165) is 6.42 Å². The minimum Gasteiger partial charge on any atom is -0.374 e. The van der Waals surface area contributed by atoms with Crippen LogP contribution >= 0.6 is 0 Å². The summed E-state index contributed by atoms with van der Waals surface area (Å²) in [5.74, 6) is 0.966. The quantitative estimate of drug-likeness (QED) is 0.925. The highest BCUT2D eigenvalue weighted by atomic mass is 16.5. The molecule has 23 heavy (non-hydrogen) atoms. The molecule has 122 valence electrons. The van der Waals surface area contributed by atoms with Gasteiger partial charge in [-0.2, -0.15) is 4.98 Å². The molecule has 1 aromatic carbocycles. The number of nitrogens with zero attached hydrogens (tertiary/aromatic N) is 3. The van der Waals surface area contributed by atoms with E-state index in [2.05, 4.69) is 27.6 Å². The lowest BCUT2D eigenvalue weighted by Gasteiger charge is -2.33. The van der Waals surface area contributed by atoms with Crippen LogP contribution in [0.4, 0.5) is 4.79 Å². The van der Waals surface area contributed by atoms with Gasteiger partial charge in [0.05, 0.1) is 19.3 Å². The monoisotopic (exact) mass is 316 g/mol. The number of aromatic nitrogens is 2. The summed E-state index contributed by atoms with van der Waals surface area (Å²) in [7, 11) is 0. The summed E-state index contributed by atoms with van der Waals surface area (Å²) in [6.07, 6.45) is 0.815. The Morgan fingerprint density at radius 3 is 2.96 bits per heavy atom. The van der Waals surface area contributed by atoms with Crippen molar-refractivity contribution in [1.29, 1.82) is 0 Å². The smallest absolute Gasteiger partial charge is 0.318 e. The lowest BCUT2D eigenvalue weighted by atomic mass is 10.1. The first kappa shape index (κ1) is 15.5. The molecule has 0 unspecified atom stereocenters. The van der Waals surface area contributed by atoms with Crippen LogP contribution in [-0.2, 0) is 17.7 Å². The van der Waals surface area contributed by atoms with Gasteiger partial charge in [0.2, 0.25) is 5.89 Å². The van der Waals surface area contributed by atoms with Crippen LogP contribution in [0.2, 0.25) is 0 Å². The van der Waals surface area contributed by atoms with Crippen LogP contribution in [0, 0.1) is 6.92 Å². The molecule has 0 radical (unpaired) electrons. The number of morpholine rings is 1. The lowest BCUT2D eigenvalue weighted by molar-refractivity contribution is -0.0133. The number of amides is 2. The Morgan fingerprint density at radius 2 is 2.22 bits per heavy atom. The van der Waals surface area contributed by atoms with Crippen molar-refractivity contribution in [2.75, 3.05) is 19.7 Å². The van der Waals surface area contributed by atoms with E-state index in [-0.39, 0.29) is 18.7 Å². The van der Waals surface area contributed by atoms with E-state index < -0.39 is 0 Å². The van der Waals surface area contributed by atoms with Gasteiger partial charge in [-0.15, -0.1) is 0 Å². The molecular weight excluding hydrogens is 296 g/mol. The average molecular weight is 316 g/mol. The SMILES string of the molecule is Cc1noc(CNC(=O)N2CCO[C@H](Cc3ccccc3)C2)n1. The molecule has 1 atom stereocenters. The highest BCUT2D eigenvalue weighted by Crippen LogP contribution is 2.12. The van der Waals surface area contributed by atoms with E-state index in [4.69, 9.17) is 9.26 Å². The van der Waals surface area contributed by atoms with Crippen molar-refractivity contribution in [1.82, 2.24) is 20.4 Å². The Labute approximate surface area is 134 Å². The number of benzene rings is 1. The second kappa shape index (κ2) is 7.23. The van der Waals surface area contributed by atoms with Gasteiger partial charge in [-0.3, -0.25) is 0 Å². The Morgan fingerprint density at radius 1 is 1.39 bits per heavy atom. The van der Waals surface area contributed by atoms with Crippen LogP contribution in [0.1, 0.15) is 17.3 Å². The first-order chi connectivity index (χ1) is 11.2. The molecule has 0 bridgehead atoms. The van der Waals surface area contributed by atoms with E-state index in [1.807, 2.05) is 18.2 Å². The Balaban J connectivity index is 1.50. The number of rotatable bonds is 4. The van der Waals surface area contributed by atoms with Crippen LogP contribution in [0.15, 0.2) is 34.9 Å². The molecule has 0 aliphatic carbocycles. The van der Waals surface area contributed by atoms with Crippen molar-refractivity contribution in [3.63, 3.8) is 0 Å². The van der Waals surface area contributed by atoms with E-state index in [1.54, 1.807) is 11.8 Å². The molecule has 2 amide bonds. The van der Waals surface area contributed by atoms with Gasteiger partial charge in [0.25, 0.3) is 0 Å². The fourth-order valence-electron chi connectivity index (χ4n) is 2.58. The van der Waals surface area contributed by atoms with Crippen LogP contribution in [-0.4, -0.2) is 46.9 Å². The molecule has 0 spiro atoms. The number of ether oxygens (including phenoxy) is 1. The van der Waals surface area contributed by atoms with E-state index in [1.165, 1.54) is 5.56 Å². The molecule has 2 heterocycles. The van der Waals surface area contributed by atoms with Crippen LogP contribution < -0.4 is 5.32 Å². The third kappa shape index (κ3) is 4.29. The number of urea groups is 1. The van der Waals surface area contributed by atoms with Crippen LogP contribution in [0.3, 0.4) is 0 Å². The molecule has 7 nitrogen and oxygen atoms in total. The largest absolute Gasteiger partial charge is 0.374 e. The normalized spacial score (nSPS) is 18.0. The summed E-state index contributed by atoms with van der Waals surface area (Å²) in [6.45, 7) is 3.68. The summed E-state index contributed by atoms with van der Waals surface area (Å²) in [4.78, 5) is 18.1. The van der Waals surface area contributed by atoms with Crippen molar-refractivity contribution < 1.29 is 14.1 Å². The molecule has 1 fully saturated rings. The number of carbonyl (C=O) groups excluding carboxylic acids is 1. The number of carbonyl (C=O) groups is 1. The van der Waals surface area contributed by atoms with Crippen LogP contribution in [0.5, 0.6) is 0 Å². The second-order valence-electron chi connectivity index (χ2n) is 5.52. The van der Waals surface area contributed by atoms with Crippen molar-refractivity contribution in [3.8, 4) is 0 Å². The average Bonchev–Trinajstić information content (AvgIpc) is 2.99. The fourth-order valence-corrected chi connectivity index (χ4v) is 2.58. The molecule has 1 aromatic heterocycles. The molecule has 0 saturated carbocycles. The topological polar surface area (TPSA) is 80.5 Å². The third-order valence-electron chi connectivity index (χ3n) is 3.69. The van der Waals surface area contributed by atoms with Crippen molar-refractivity contribution in [3.05, 3.63) is 47.6 Å². The van der Waals surface area contributed by atoms with Crippen LogP contribution in [0.25, 0.3) is 0 Å². The number of hydrogen-bond acceptors (Lipinski definition) is 5. The highest BCUT2D eigenvalue weighted by molar-refractivity contribution is 5.74. The van der Waals surface area contributed by atoms with E-state index in [9.17, 15) is 4.79 Å². The van der Waals surface area contributed by atoms with Gasteiger partial charge in [-0.25, -0.2) is 4.79 Å². The molecule has 7 heteroatoms. The first-order valence-corrected chi connectivity index (χ1v) is 7.68. The third-order valence-corrected chi connectivity index (χ3v) is 3.69. The summed E-state index contributed by atoms with van der Waals surface area (Å²) in [5.41, 5.74) is 1.21. The Bertz CT molecular complexity index is 644. The summed E-state index contributed by atoms with van der Waals surface area (Å²) in [5, 5.41) is 6.50. The minimum atomic E-state index is -0.137. The van der Waals surface area contributed by atoms with Gasteiger partial charge in [0.15, 0.2) is 5.82 Å². The van der Waals surface area contributed by atoms with Gasteiger partial charge in [-0.1, -0.05) is 35.5 Å². The Hall–Kier alpha value is -2.41. The zero-order chi connectivity index (χ0) is 16.1.